The van der Waals surface area contributed by atoms with Gasteiger partial charge in [0.05, 0.1) is 7.11 Å². The molecule has 0 atom stereocenters. The lowest BCUT2D eigenvalue weighted by Gasteiger charge is -2.09. The Morgan fingerprint density at radius 1 is 0.821 bits per heavy atom. The van der Waals surface area contributed by atoms with Crippen molar-refractivity contribution in [2.45, 2.75) is 13.8 Å². The van der Waals surface area contributed by atoms with E-state index >= 15 is 0 Å². The second-order valence-electron chi connectivity index (χ2n) is 6.37. The van der Waals surface area contributed by atoms with Gasteiger partial charge in [0.25, 0.3) is 11.8 Å². The van der Waals surface area contributed by atoms with Crippen molar-refractivity contribution in [3.63, 3.8) is 0 Å². The molecule has 3 aromatic rings. The zero-order chi connectivity index (χ0) is 20.1. The van der Waals surface area contributed by atoms with E-state index in [2.05, 4.69) is 15.6 Å². The molecule has 0 aliphatic carbocycles. The van der Waals surface area contributed by atoms with Gasteiger partial charge in [-0.05, 0) is 73.5 Å². The maximum Gasteiger partial charge on any atom is 0.274 e. The number of carbonyl (C=O) groups is 2. The number of rotatable bonds is 5. The molecule has 0 fully saturated rings. The zero-order valence-corrected chi connectivity index (χ0v) is 15.9. The first-order valence-corrected chi connectivity index (χ1v) is 8.76. The molecule has 0 saturated carbocycles. The van der Waals surface area contributed by atoms with Crippen molar-refractivity contribution in [3.05, 3.63) is 83.2 Å². The number of ether oxygens (including phenoxy) is 1. The van der Waals surface area contributed by atoms with Crippen LogP contribution in [-0.2, 0) is 0 Å². The number of pyridine rings is 1. The lowest BCUT2D eigenvalue weighted by Crippen LogP contribution is -2.17. The van der Waals surface area contributed by atoms with Crippen LogP contribution < -0.4 is 15.4 Å². The minimum atomic E-state index is -0.373. The number of benzene rings is 2. The number of nitrogens with zero attached hydrogens (tertiary/aromatic N) is 1. The van der Waals surface area contributed by atoms with E-state index in [1.165, 1.54) is 12.3 Å². The highest BCUT2D eigenvalue weighted by Crippen LogP contribution is 2.17. The zero-order valence-electron chi connectivity index (χ0n) is 15.9. The molecule has 2 aromatic carbocycles. The van der Waals surface area contributed by atoms with Crippen molar-refractivity contribution in [1.82, 2.24) is 4.98 Å². The third-order valence-corrected chi connectivity index (χ3v) is 4.37. The van der Waals surface area contributed by atoms with Gasteiger partial charge < -0.3 is 15.4 Å². The number of aryl methyl sites for hydroxylation is 2. The largest absolute Gasteiger partial charge is 0.497 e. The fourth-order valence-corrected chi connectivity index (χ4v) is 2.59. The SMILES string of the molecule is COc1ccc(NC(=O)c2ccnc(C(=O)Nc3ccc(C)c(C)c3)c2)cc1. The Hall–Kier alpha value is -3.67. The van der Waals surface area contributed by atoms with Crippen molar-refractivity contribution in [3.8, 4) is 5.75 Å². The maximum atomic E-state index is 12.5. The van der Waals surface area contributed by atoms with Crippen LogP contribution in [0.2, 0.25) is 0 Å². The average molecular weight is 375 g/mol. The van der Waals surface area contributed by atoms with Gasteiger partial charge in [-0.3, -0.25) is 14.6 Å². The minimum Gasteiger partial charge on any atom is -0.497 e. The molecule has 142 valence electrons. The van der Waals surface area contributed by atoms with Crippen LogP contribution in [0, 0.1) is 13.8 Å². The van der Waals surface area contributed by atoms with Gasteiger partial charge in [-0.15, -0.1) is 0 Å². The first-order valence-electron chi connectivity index (χ1n) is 8.76. The predicted octanol–water partition coefficient (Wildman–Crippen LogP) is 4.21. The molecule has 6 nitrogen and oxygen atoms in total. The van der Waals surface area contributed by atoms with Crippen molar-refractivity contribution >= 4 is 23.2 Å². The molecule has 2 amide bonds. The molecular formula is C22H21N3O3. The summed E-state index contributed by atoms with van der Waals surface area (Å²) in [5, 5.41) is 5.59. The highest BCUT2D eigenvalue weighted by atomic mass is 16.5. The topological polar surface area (TPSA) is 80.3 Å². The Balaban J connectivity index is 1.72. The molecule has 0 aliphatic rings. The van der Waals surface area contributed by atoms with E-state index < -0.39 is 0 Å². The minimum absolute atomic E-state index is 0.167. The fourth-order valence-electron chi connectivity index (χ4n) is 2.59. The summed E-state index contributed by atoms with van der Waals surface area (Å²) in [4.78, 5) is 29.1. The van der Waals surface area contributed by atoms with Gasteiger partial charge >= 0.3 is 0 Å². The lowest BCUT2D eigenvalue weighted by atomic mass is 10.1. The molecular weight excluding hydrogens is 354 g/mol. The van der Waals surface area contributed by atoms with Crippen LogP contribution in [-0.4, -0.2) is 23.9 Å². The number of hydrogen-bond acceptors (Lipinski definition) is 4. The van der Waals surface area contributed by atoms with Crippen molar-refractivity contribution in [1.29, 1.82) is 0 Å². The molecule has 2 N–H and O–H groups in total. The molecule has 6 heteroatoms. The van der Waals surface area contributed by atoms with Crippen LogP contribution >= 0.6 is 0 Å². The van der Waals surface area contributed by atoms with Gasteiger partial charge in [-0.2, -0.15) is 0 Å². The molecule has 0 radical (unpaired) electrons. The molecule has 0 saturated heterocycles. The number of nitrogens with one attached hydrogen (secondary N) is 2. The van der Waals surface area contributed by atoms with Gasteiger partial charge in [0, 0.05) is 23.1 Å². The monoisotopic (exact) mass is 375 g/mol. The fraction of sp³-hybridized carbons (Fsp3) is 0.136. The quantitative estimate of drug-likeness (QED) is 0.700. The van der Waals surface area contributed by atoms with Crippen LogP contribution in [0.4, 0.5) is 11.4 Å². The number of amides is 2. The third kappa shape index (κ3) is 4.54. The summed E-state index contributed by atoms with van der Waals surface area (Å²) < 4.78 is 5.10. The summed E-state index contributed by atoms with van der Waals surface area (Å²) in [6.07, 6.45) is 1.44. The van der Waals surface area contributed by atoms with Crippen LogP contribution in [0.15, 0.2) is 60.8 Å². The summed E-state index contributed by atoms with van der Waals surface area (Å²) in [6, 6.07) is 15.7. The Morgan fingerprint density at radius 2 is 1.50 bits per heavy atom. The molecule has 28 heavy (non-hydrogen) atoms. The van der Waals surface area contributed by atoms with E-state index in [-0.39, 0.29) is 17.5 Å². The number of anilines is 2. The summed E-state index contributed by atoms with van der Waals surface area (Å²) in [5.74, 6) is 0.00218. The van der Waals surface area contributed by atoms with E-state index in [1.54, 1.807) is 37.4 Å². The van der Waals surface area contributed by atoms with Gasteiger partial charge in [0.2, 0.25) is 0 Å². The summed E-state index contributed by atoms with van der Waals surface area (Å²) in [7, 11) is 1.58. The number of aromatic nitrogens is 1. The van der Waals surface area contributed by atoms with E-state index in [1.807, 2.05) is 32.0 Å². The van der Waals surface area contributed by atoms with Crippen molar-refractivity contribution < 1.29 is 14.3 Å². The Morgan fingerprint density at radius 3 is 2.18 bits per heavy atom. The van der Waals surface area contributed by atoms with Gasteiger partial charge in [0.1, 0.15) is 11.4 Å². The van der Waals surface area contributed by atoms with Crippen LogP contribution in [0.1, 0.15) is 32.0 Å². The molecule has 3 rings (SSSR count). The smallest absolute Gasteiger partial charge is 0.274 e. The first-order chi connectivity index (χ1) is 13.5. The van der Waals surface area contributed by atoms with E-state index in [9.17, 15) is 9.59 Å². The summed E-state index contributed by atoms with van der Waals surface area (Å²) in [5.41, 5.74) is 4.05. The molecule has 0 bridgehead atoms. The van der Waals surface area contributed by atoms with Gasteiger partial charge in [-0.1, -0.05) is 6.07 Å². The van der Waals surface area contributed by atoms with Crippen LogP contribution in [0.3, 0.4) is 0 Å². The number of carbonyl (C=O) groups excluding carboxylic acids is 2. The highest BCUT2D eigenvalue weighted by Gasteiger charge is 2.13. The summed E-state index contributed by atoms with van der Waals surface area (Å²) in [6.45, 7) is 3.99. The van der Waals surface area contributed by atoms with Gasteiger partial charge in [0.15, 0.2) is 0 Å². The van der Waals surface area contributed by atoms with Gasteiger partial charge in [-0.25, -0.2) is 0 Å². The van der Waals surface area contributed by atoms with Crippen molar-refractivity contribution in [2.75, 3.05) is 17.7 Å². The molecule has 0 aliphatic heterocycles. The molecule has 0 spiro atoms. The second-order valence-corrected chi connectivity index (χ2v) is 6.37. The molecule has 1 aromatic heterocycles. The highest BCUT2D eigenvalue weighted by molar-refractivity contribution is 6.07. The van der Waals surface area contributed by atoms with Crippen LogP contribution in [0.5, 0.6) is 5.75 Å². The number of methoxy groups -OCH3 is 1. The van der Waals surface area contributed by atoms with E-state index in [0.29, 0.717) is 22.7 Å². The standard InChI is InChI=1S/C22H21N3O3/c1-14-4-5-18(12-15(14)2)25-22(27)20-13-16(10-11-23-20)21(26)24-17-6-8-19(28-3)9-7-17/h4-13H,1-3H3,(H,24,26)(H,25,27). The summed E-state index contributed by atoms with van der Waals surface area (Å²) >= 11 is 0. The number of hydrogen-bond donors (Lipinski definition) is 2. The molecule has 1 heterocycles. The van der Waals surface area contributed by atoms with E-state index in [0.717, 1.165) is 11.1 Å². The third-order valence-electron chi connectivity index (χ3n) is 4.37. The molecule has 0 unspecified atom stereocenters. The van der Waals surface area contributed by atoms with E-state index in [4.69, 9.17) is 4.74 Å². The van der Waals surface area contributed by atoms with Crippen LogP contribution in [0.25, 0.3) is 0 Å². The normalized spacial score (nSPS) is 10.2. The first kappa shape index (κ1) is 19.1. The van der Waals surface area contributed by atoms with Crippen molar-refractivity contribution in [2.24, 2.45) is 0 Å². The Labute approximate surface area is 163 Å². The average Bonchev–Trinajstić information content (AvgIpc) is 2.71. The predicted molar refractivity (Wildman–Crippen MR) is 109 cm³/mol. The Kier molecular flexibility index (Phi) is 5.69. The lowest BCUT2D eigenvalue weighted by molar-refractivity contribution is 0.102. The Bertz CT molecular complexity index is 1010. The second kappa shape index (κ2) is 8.35. The maximum absolute atomic E-state index is 12.5.